The van der Waals surface area contributed by atoms with Crippen molar-refractivity contribution in [3.63, 3.8) is 0 Å². The Balaban J connectivity index is 1.84. The number of carbonyl (C=O) groups excluding carboxylic acids is 2. The molecule has 0 aromatic heterocycles. The largest absolute Gasteiger partial charge is 0.371 e. The smallest absolute Gasteiger partial charge is 0.253 e. The van der Waals surface area contributed by atoms with E-state index in [2.05, 4.69) is 22.5 Å². The average molecular weight is 343 g/mol. The van der Waals surface area contributed by atoms with E-state index in [0.717, 1.165) is 50.4 Å². The van der Waals surface area contributed by atoms with Crippen LogP contribution in [0.5, 0.6) is 0 Å². The number of carbonyl (C=O) groups is 2. The lowest BCUT2D eigenvalue weighted by Gasteiger charge is -2.33. The third-order valence-corrected chi connectivity index (χ3v) is 5.07. The molecule has 1 aliphatic carbocycles. The zero-order chi connectivity index (χ0) is 18.0. The second-order valence-corrected chi connectivity index (χ2v) is 7.79. The van der Waals surface area contributed by atoms with Crippen LogP contribution in [0.3, 0.4) is 0 Å². The highest BCUT2D eigenvalue weighted by molar-refractivity contribution is 6.02. The Morgan fingerprint density at radius 3 is 2.40 bits per heavy atom. The maximum atomic E-state index is 12.7. The van der Waals surface area contributed by atoms with Crippen LogP contribution in [0.25, 0.3) is 0 Å². The van der Waals surface area contributed by atoms with Crippen LogP contribution in [0, 0.1) is 11.8 Å². The first kappa shape index (κ1) is 17.8. The Bertz CT molecular complexity index is 644. The summed E-state index contributed by atoms with van der Waals surface area (Å²) in [5, 5.41) is 5.99. The molecule has 0 atom stereocenters. The summed E-state index contributed by atoms with van der Waals surface area (Å²) in [5.74, 6) is 0.585. The molecule has 1 saturated heterocycles. The van der Waals surface area contributed by atoms with Gasteiger partial charge in [0, 0.05) is 36.4 Å². The quantitative estimate of drug-likeness (QED) is 0.861. The third kappa shape index (κ3) is 4.53. The molecule has 2 amide bonds. The van der Waals surface area contributed by atoms with Crippen molar-refractivity contribution in [2.24, 2.45) is 11.8 Å². The normalized spacial score (nSPS) is 18.3. The van der Waals surface area contributed by atoms with Crippen LogP contribution in [-0.4, -0.2) is 30.9 Å². The predicted molar refractivity (Wildman–Crippen MR) is 101 cm³/mol. The lowest BCUT2D eigenvalue weighted by molar-refractivity contribution is -0.118. The summed E-state index contributed by atoms with van der Waals surface area (Å²) < 4.78 is 0. The first-order valence-electron chi connectivity index (χ1n) is 9.44. The van der Waals surface area contributed by atoms with Crippen molar-refractivity contribution in [2.75, 3.05) is 23.3 Å². The molecule has 1 heterocycles. The molecule has 2 fully saturated rings. The van der Waals surface area contributed by atoms with E-state index in [-0.39, 0.29) is 17.7 Å². The van der Waals surface area contributed by atoms with Crippen molar-refractivity contribution in [1.29, 1.82) is 0 Å². The summed E-state index contributed by atoms with van der Waals surface area (Å²) in [5.41, 5.74) is 2.34. The molecule has 136 valence electrons. The second-order valence-electron chi connectivity index (χ2n) is 7.79. The summed E-state index contributed by atoms with van der Waals surface area (Å²) in [4.78, 5) is 27.0. The van der Waals surface area contributed by atoms with Crippen molar-refractivity contribution < 1.29 is 9.59 Å². The van der Waals surface area contributed by atoms with E-state index in [1.54, 1.807) is 0 Å². The average Bonchev–Trinajstić information content (AvgIpc) is 3.39. The van der Waals surface area contributed by atoms with Gasteiger partial charge in [-0.1, -0.05) is 20.8 Å². The molecule has 0 bridgehead atoms. The van der Waals surface area contributed by atoms with Crippen LogP contribution in [-0.2, 0) is 4.79 Å². The minimum absolute atomic E-state index is 0.0308. The molecule has 5 heteroatoms. The lowest BCUT2D eigenvalue weighted by atomic mass is 9.97. The highest BCUT2D eigenvalue weighted by Crippen LogP contribution is 2.30. The number of amides is 2. The number of nitrogens with zero attached hydrogens (tertiary/aromatic N) is 1. The number of anilines is 2. The first-order valence-corrected chi connectivity index (χ1v) is 9.44. The second kappa shape index (κ2) is 7.46. The van der Waals surface area contributed by atoms with Gasteiger partial charge in [0.15, 0.2) is 0 Å². The summed E-state index contributed by atoms with van der Waals surface area (Å²) >= 11 is 0. The van der Waals surface area contributed by atoms with Gasteiger partial charge < -0.3 is 15.5 Å². The summed E-state index contributed by atoms with van der Waals surface area (Å²) in [6, 6.07) is 6.02. The van der Waals surface area contributed by atoms with Gasteiger partial charge in [0.1, 0.15) is 0 Å². The molecule has 25 heavy (non-hydrogen) atoms. The number of nitrogens with one attached hydrogen (secondary N) is 2. The molecule has 1 saturated carbocycles. The summed E-state index contributed by atoms with van der Waals surface area (Å²) in [6.45, 7) is 7.95. The van der Waals surface area contributed by atoms with E-state index < -0.39 is 0 Å². The summed E-state index contributed by atoms with van der Waals surface area (Å²) in [7, 11) is 0. The highest BCUT2D eigenvalue weighted by atomic mass is 16.2. The molecule has 0 spiro atoms. The number of rotatable bonds is 5. The Labute approximate surface area is 150 Å². The van der Waals surface area contributed by atoms with Gasteiger partial charge in [-0.15, -0.1) is 0 Å². The standard InChI is InChI=1S/C20H29N3O2/c1-13(2)19(24)22-16-6-7-18(23-10-8-14(3)9-11-23)17(12-16)20(25)21-15-4-5-15/h6-7,12-15H,4-5,8-11H2,1-3H3,(H,21,25)(H,22,24). The fourth-order valence-electron chi connectivity index (χ4n) is 3.10. The molecule has 1 aliphatic heterocycles. The van der Waals surface area contributed by atoms with Gasteiger partial charge in [-0.05, 0) is 49.8 Å². The minimum Gasteiger partial charge on any atom is -0.371 e. The molecule has 0 radical (unpaired) electrons. The molecule has 5 nitrogen and oxygen atoms in total. The molecule has 1 aromatic rings. The Morgan fingerprint density at radius 2 is 1.80 bits per heavy atom. The first-order chi connectivity index (χ1) is 11.9. The number of hydrogen-bond donors (Lipinski definition) is 2. The molecule has 1 aromatic carbocycles. The lowest BCUT2D eigenvalue weighted by Crippen LogP contribution is -2.35. The number of hydrogen-bond acceptors (Lipinski definition) is 3. The minimum atomic E-state index is -0.0907. The van der Waals surface area contributed by atoms with Gasteiger partial charge >= 0.3 is 0 Å². The molecule has 3 rings (SSSR count). The molecule has 0 unspecified atom stereocenters. The van der Waals surface area contributed by atoms with Crippen molar-refractivity contribution in [1.82, 2.24) is 5.32 Å². The van der Waals surface area contributed by atoms with Gasteiger partial charge in [0.2, 0.25) is 5.91 Å². The Kier molecular flexibility index (Phi) is 5.30. The van der Waals surface area contributed by atoms with E-state index in [9.17, 15) is 9.59 Å². The van der Waals surface area contributed by atoms with Crippen molar-refractivity contribution >= 4 is 23.2 Å². The summed E-state index contributed by atoms with van der Waals surface area (Å²) in [6.07, 6.45) is 4.42. The zero-order valence-electron chi connectivity index (χ0n) is 15.5. The molecule has 2 N–H and O–H groups in total. The van der Waals surface area contributed by atoms with Gasteiger partial charge in [0.05, 0.1) is 5.56 Å². The van der Waals surface area contributed by atoms with Crippen LogP contribution in [0.2, 0.25) is 0 Å². The fraction of sp³-hybridized carbons (Fsp3) is 0.600. The van der Waals surface area contributed by atoms with Crippen LogP contribution >= 0.6 is 0 Å². The fourth-order valence-corrected chi connectivity index (χ4v) is 3.10. The van der Waals surface area contributed by atoms with Gasteiger partial charge in [-0.25, -0.2) is 0 Å². The van der Waals surface area contributed by atoms with E-state index in [1.807, 2.05) is 32.0 Å². The van der Waals surface area contributed by atoms with Gasteiger partial charge in [0.25, 0.3) is 5.91 Å². The van der Waals surface area contributed by atoms with E-state index in [4.69, 9.17) is 0 Å². The Hall–Kier alpha value is -2.04. The van der Waals surface area contributed by atoms with E-state index in [0.29, 0.717) is 17.3 Å². The maximum Gasteiger partial charge on any atom is 0.253 e. The van der Waals surface area contributed by atoms with Crippen molar-refractivity contribution in [3.05, 3.63) is 23.8 Å². The van der Waals surface area contributed by atoms with Crippen LogP contribution in [0.15, 0.2) is 18.2 Å². The van der Waals surface area contributed by atoms with Gasteiger partial charge in [-0.2, -0.15) is 0 Å². The number of piperidine rings is 1. The topological polar surface area (TPSA) is 61.4 Å². The van der Waals surface area contributed by atoms with Crippen LogP contribution in [0.4, 0.5) is 11.4 Å². The zero-order valence-corrected chi connectivity index (χ0v) is 15.5. The van der Waals surface area contributed by atoms with Crippen molar-refractivity contribution in [2.45, 2.75) is 52.5 Å². The van der Waals surface area contributed by atoms with Crippen molar-refractivity contribution in [3.8, 4) is 0 Å². The Morgan fingerprint density at radius 1 is 1.12 bits per heavy atom. The van der Waals surface area contributed by atoms with Crippen LogP contribution < -0.4 is 15.5 Å². The van der Waals surface area contributed by atoms with Crippen LogP contribution in [0.1, 0.15) is 56.8 Å². The third-order valence-electron chi connectivity index (χ3n) is 5.07. The number of benzene rings is 1. The monoisotopic (exact) mass is 343 g/mol. The predicted octanol–water partition coefficient (Wildman–Crippen LogP) is 3.41. The van der Waals surface area contributed by atoms with Gasteiger partial charge in [-0.3, -0.25) is 9.59 Å². The molecular weight excluding hydrogens is 314 g/mol. The SMILES string of the molecule is CC1CCN(c2ccc(NC(=O)C(C)C)cc2C(=O)NC2CC2)CC1. The van der Waals surface area contributed by atoms with E-state index in [1.165, 1.54) is 0 Å². The van der Waals surface area contributed by atoms with E-state index >= 15 is 0 Å². The highest BCUT2D eigenvalue weighted by Gasteiger charge is 2.27. The maximum absolute atomic E-state index is 12.7. The molecule has 2 aliphatic rings. The molecular formula is C20H29N3O2.